The Morgan fingerprint density at radius 1 is 1.43 bits per heavy atom. The number of ether oxygens (including phenoxy) is 1. The quantitative estimate of drug-likeness (QED) is 0.890. The highest BCUT2D eigenvalue weighted by Gasteiger charge is 2.36. The summed E-state index contributed by atoms with van der Waals surface area (Å²) in [7, 11) is 0. The van der Waals surface area contributed by atoms with Gasteiger partial charge in [0.25, 0.3) is 0 Å². The summed E-state index contributed by atoms with van der Waals surface area (Å²) in [6.45, 7) is 4.17. The number of hydrogen-bond acceptors (Lipinski definition) is 4. The highest BCUT2D eigenvalue weighted by Crippen LogP contribution is 2.36. The summed E-state index contributed by atoms with van der Waals surface area (Å²) < 4.78 is 5.90. The van der Waals surface area contributed by atoms with Crippen molar-refractivity contribution in [3.63, 3.8) is 0 Å². The lowest BCUT2D eigenvalue weighted by molar-refractivity contribution is -0.138. The van der Waals surface area contributed by atoms with Crippen molar-refractivity contribution in [2.24, 2.45) is 5.92 Å². The zero-order valence-corrected chi connectivity index (χ0v) is 13.6. The van der Waals surface area contributed by atoms with Crippen molar-refractivity contribution in [2.45, 2.75) is 44.8 Å². The summed E-state index contributed by atoms with van der Waals surface area (Å²) in [5, 5.41) is 19.8. The van der Waals surface area contributed by atoms with Gasteiger partial charge in [0.1, 0.15) is 18.5 Å². The van der Waals surface area contributed by atoms with Crippen molar-refractivity contribution < 1.29 is 19.7 Å². The van der Waals surface area contributed by atoms with Gasteiger partial charge < -0.3 is 14.9 Å². The molecule has 3 rings (SSSR count). The Balaban J connectivity index is 1.72. The Kier molecular flexibility index (Phi) is 4.87. The molecule has 5 heteroatoms. The van der Waals surface area contributed by atoms with Crippen LogP contribution in [0.15, 0.2) is 18.2 Å². The van der Waals surface area contributed by atoms with E-state index in [2.05, 4.69) is 11.8 Å². The van der Waals surface area contributed by atoms with E-state index in [1.807, 2.05) is 18.2 Å². The number of likely N-dealkylation sites (tertiary alicyclic amines) is 1. The maximum Gasteiger partial charge on any atom is 0.303 e. The van der Waals surface area contributed by atoms with Gasteiger partial charge in [-0.1, -0.05) is 19.1 Å². The topological polar surface area (TPSA) is 70.0 Å². The largest absolute Gasteiger partial charge is 0.491 e. The Labute approximate surface area is 136 Å². The van der Waals surface area contributed by atoms with Crippen LogP contribution in [-0.2, 0) is 11.2 Å². The number of fused-ring (bicyclic) bond motifs is 1. The number of aliphatic hydroxyl groups is 1. The molecule has 0 radical (unpaired) electrons. The van der Waals surface area contributed by atoms with Crippen molar-refractivity contribution in [2.75, 3.05) is 19.7 Å². The van der Waals surface area contributed by atoms with E-state index in [0.717, 1.165) is 43.7 Å². The Hall–Kier alpha value is -1.59. The SMILES string of the molecule is CCc1ccc2c(c1)OC[C@@H](N1CCCC(CC(=O)O)C1)[C@H]2O. The van der Waals surface area contributed by atoms with Crippen molar-refractivity contribution >= 4 is 5.97 Å². The Morgan fingerprint density at radius 2 is 2.26 bits per heavy atom. The third-order valence-corrected chi connectivity index (χ3v) is 5.06. The van der Waals surface area contributed by atoms with Crippen LogP contribution in [0.3, 0.4) is 0 Å². The maximum absolute atomic E-state index is 10.9. The van der Waals surface area contributed by atoms with Crippen LogP contribution in [0.1, 0.15) is 43.4 Å². The fourth-order valence-corrected chi connectivity index (χ4v) is 3.76. The van der Waals surface area contributed by atoms with Crippen LogP contribution >= 0.6 is 0 Å². The number of benzene rings is 1. The summed E-state index contributed by atoms with van der Waals surface area (Å²) in [5.41, 5.74) is 2.05. The number of aliphatic carboxylic acids is 1. The average Bonchev–Trinajstić information content (AvgIpc) is 2.54. The Morgan fingerprint density at radius 3 is 3.00 bits per heavy atom. The highest BCUT2D eigenvalue weighted by atomic mass is 16.5. The molecule has 0 aliphatic carbocycles. The summed E-state index contributed by atoms with van der Waals surface area (Å²) in [4.78, 5) is 13.2. The van der Waals surface area contributed by atoms with E-state index in [0.29, 0.717) is 6.61 Å². The van der Waals surface area contributed by atoms with Gasteiger partial charge in [0.2, 0.25) is 0 Å². The fraction of sp³-hybridized carbons (Fsp3) is 0.611. The number of rotatable bonds is 4. The van der Waals surface area contributed by atoms with Crippen LogP contribution in [0.25, 0.3) is 0 Å². The van der Waals surface area contributed by atoms with Gasteiger partial charge >= 0.3 is 5.97 Å². The smallest absolute Gasteiger partial charge is 0.303 e. The number of aliphatic hydroxyl groups excluding tert-OH is 1. The summed E-state index contributed by atoms with van der Waals surface area (Å²) in [6, 6.07) is 5.92. The van der Waals surface area contributed by atoms with E-state index >= 15 is 0 Å². The van der Waals surface area contributed by atoms with Crippen LogP contribution in [-0.4, -0.2) is 46.8 Å². The number of piperidine rings is 1. The molecular weight excluding hydrogens is 294 g/mol. The monoisotopic (exact) mass is 319 g/mol. The van der Waals surface area contributed by atoms with E-state index in [1.165, 1.54) is 5.56 Å². The van der Waals surface area contributed by atoms with E-state index in [4.69, 9.17) is 9.84 Å². The predicted octanol–water partition coefficient (Wildman–Crippen LogP) is 2.23. The number of carboxylic acids is 1. The molecule has 1 aromatic carbocycles. The van der Waals surface area contributed by atoms with Gasteiger partial charge in [-0.25, -0.2) is 0 Å². The van der Waals surface area contributed by atoms with Crippen molar-refractivity contribution in [3.05, 3.63) is 29.3 Å². The average molecular weight is 319 g/mol. The van der Waals surface area contributed by atoms with Crippen molar-refractivity contribution in [1.29, 1.82) is 0 Å². The number of aryl methyl sites for hydroxylation is 1. The van der Waals surface area contributed by atoms with Crippen LogP contribution in [0.5, 0.6) is 5.75 Å². The summed E-state index contributed by atoms with van der Waals surface area (Å²) in [5.74, 6) is 0.208. The van der Waals surface area contributed by atoms with E-state index in [1.54, 1.807) is 0 Å². The third kappa shape index (κ3) is 3.51. The first kappa shape index (κ1) is 16.3. The molecular formula is C18H25NO4. The summed E-state index contributed by atoms with van der Waals surface area (Å²) in [6.07, 6.45) is 2.50. The Bertz CT molecular complexity index is 574. The number of nitrogens with zero attached hydrogens (tertiary/aromatic N) is 1. The minimum atomic E-state index is -0.741. The number of hydrogen-bond donors (Lipinski definition) is 2. The maximum atomic E-state index is 10.9. The second kappa shape index (κ2) is 6.89. The van der Waals surface area contributed by atoms with Crippen LogP contribution in [0, 0.1) is 5.92 Å². The zero-order chi connectivity index (χ0) is 16.4. The lowest BCUT2D eigenvalue weighted by Crippen LogP contribution is -2.50. The van der Waals surface area contributed by atoms with Gasteiger partial charge in [0.05, 0.1) is 6.04 Å². The minimum absolute atomic E-state index is 0.0911. The molecule has 2 N–H and O–H groups in total. The fourth-order valence-electron chi connectivity index (χ4n) is 3.76. The van der Waals surface area contributed by atoms with E-state index in [-0.39, 0.29) is 18.4 Å². The molecule has 1 saturated heterocycles. The molecule has 0 aromatic heterocycles. The van der Waals surface area contributed by atoms with Crippen LogP contribution < -0.4 is 4.74 Å². The normalized spacial score (nSPS) is 28.0. The van der Waals surface area contributed by atoms with Gasteiger partial charge in [0, 0.05) is 18.5 Å². The molecule has 3 atom stereocenters. The van der Waals surface area contributed by atoms with Gasteiger partial charge in [-0.3, -0.25) is 9.69 Å². The first-order valence-corrected chi connectivity index (χ1v) is 8.48. The molecule has 0 spiro atoms. The molecule has 126 valence electrons. The summed E-state index contributed by atoms with van der Waals surface area (Å²) >= 11 is 0. The first-order valence-electron chi connectivity index (χ1n) is 8.48. The van der Waals surface area contributed by atoms with Gasteiger partial charge in [-0.05, 0) is 43.4 Å². The highest BCUT2D eigenvalue weighted by molar-refractivity contribution is 5.67. The molecule has 0 amide bonds. The van der Waals surface area contributed by atoms with Gasteiger partial charge in [0.15, 0.2) is 0 Å². The third-order valence-electron chi connectivity index (χ3n) is 5.06. The number of carbonyl (C=O) groups is 1. The van der Waals surface area contributed by atoms with E-state index < -0.39 is 12.1 Å². The van der Waals surface area contributed by atoms with Crippen molar-refractivity contribution in [1.82, 2.24) is 4.90 Å². The second-order valence-corrected chi connectivity index (χ2v) is 6.65. The molecule has 2 aliphatic rings. The standard InChI is InChI=1S/C18H25NO4/c1-2-12-5-6-14-16(8-12)23-11-15(18(14)22)19-7-3-4-13(10-19)9-17(20)21/h5-6,8,13,15,18,22H,2-4,7,9-11H2,1H3,(H,20,21)/t13?,15-,18+/m1/s1. The molecule has 0 saturated carbocycles. The van der Waals surface area contributed by atoms with Gasteiger partial charge in [-0.2, -0.15) is 0 Å². The predicted molar refractivity (Wildman–Crippen MR) is 86.6 cm³/mol. The molecule has 0 bridgehead atoms. The molecule has 1 aromatic rings. The van der Waals surface area contributed by atoms with Crippen molar-refractivity contribution in [3.8, 4) is 5.75 Å². The molecule has 5 nitrogen and oxygen atoms in total. The lowest BCUT2D eigenvalue weighted by atomic mass is 9.90. The zero-order valence-electron chi connectivity index (χ0n) is 13.6. The van der Waals surface area contributed by atoms with Crippen LogP contribution in [0.2, 0.25) is 0 Å². The first-order chi connectivity index (χ1) is 11.1. The molecule has 23 heavy (non-hydrogen) atoms. The number of carboxylic acid groups (broad SMARTS) is 1. The van der Waals surface area contributed by atoms with Crippen LogP contribution in [0.4, 0.5) is 0 Å². The molecule has 1 unspecified atom stereocenters. The lowest BCUT2D eigenvalue weighted by Gasteiger charge is -2.42. The minimum Gasteiger partial charge on any atom is -0.491 e. The molecule has 2 heterocycles. The van der Waals surface area contributed by atoms with Gasteiger partial charge in [-0.15, -0.1) is 0 Å². The molecule has 1 fully saturated rings. The molecule has 2 aliphatic heterocycles. The van der Waals surface area contributed by atoms with E-state index in [9.17, 15) is 9.90 Å². The second-order valence-electron chi connectivity index (χ2n) is 6.65.